The van der Waals surface area contributed by atoms with Crippen LogP contribution >= 0.6 is 22.6 Å². The first-order valence-corrected chi connectivity index (χ1v) is 8.33. The van der Waals surface area contributed by atoms with Gasteiger partial charge in [-0.25, -0.2) is 0 Å². The lowest BCUT2D eigenvalue weighted by Crippen LogP contribution is -2.31. The Morgan fingerprint density at radius 2 is 1.85 bits per heavy atom. The van der Waals surface area contributed by atoms with Gasteiger partial charge in [0.05, 0.1) is 0 Å². The van der Waals surface area contributed by atoms with E-state index in [1.807, 2.05) is 22.6 Å². The van der Waals surface area contributed by atoms with Crippen LogP contribution in [0.1, 0.15) is 55.8 Å². The minimum Gasteiger partial charge on any atom is -0.287 e. The summed E-state index contributed by atoms with van der Waals surface area (Å²) in [7, 11) is 0. The summed E-state index contributed by atoms with van der Waals surface area (Å²) in [6, 6.07) is 7.81. The Morgan fingerprint density at radius 3 is 2.45 bits per heavy atom. The molecule has 4 heteroatoms. The summed E-state index contributed by atoms with van der Waals surface area (Å²) in [6.07, 6.45) is 4.69. The maximum Gasteiger partial charge on any atom is 0.310 e. The fourth-order valence-electron chi connectivity index (χ4n) is 2.07. The Morgan fingerprint density at radius 1 is 1.20 bits per heavy atom. The predicted octanol–water partition coefficient (Wildman–Crippen LogP) is 5.67. The van der Waals surface area contributed by atoms with Crippen molar-refractivity contribution < 1.29 is 13.6 Å². The lowest BCUT2D eigenvalue weighted by molar-refractivity contribution is 0.00513. The average molecular weight is 394 g/mol. The number of alkyl halides is 3. The molecule has 1 atom stereocenters. The third-order valence-corrected chi connectivity index (χ3v) is 4.28. The van der Waals surface area contributed by atoms with E-state index in [0.717, 1.165) is 32.1 Å². The number of carbonyl (C=O) groups excluding carboxylic acids is 1. The SMILES string of the molecule is CCCCCCC(I)CC(F)(F)C(=O)c1ccccc1. The predicted molar refractivity (Wildman–Crippen MR) is 86.9 cm³/mol. The van der Waals surface area contributed by atoms with Crippen LogP contribution in [0.5, 0.6) is 0 Å². The molecule has 1 unspecified atom stereocenters. The van der Waals surface area contributed by atoms with Crippen molar-refractivity contribution in [3.05, 3.63) is 35.9 Å². The largest absolute Gasteiger partial charge is 0.310 e. The van der Waals surface area contributed by atoms with Crippen molar-refractivity contribution in [1.82, 2.24) is 0 Å². The van der Waals surface area contributed by atoms with Crippen molar-refractivity contribution in [3.63, 3.8) is 0 Å². The summed E-state index contributed by atoms with van der Waals surface area (Å²) in [5.74, 6) is -4.33. The Balaban J connectivity index is 2.49. The molecule has 112 valence electrons. The highest BCUT2D eigenvalue weighted by molar-refractivity contribution is 14.1. The molecule has 0 saturated carbocycles. The number of Topliss-reactive ketones (excluding diaryl/α,β-unsaturated/α-hetero) is 1. The molecule has 0 aliphatic carbocycles. The minimum atomic E-state index is -3.27. The Kier molecular flexibility index (Phi) is 7.62. The summed E-state index contributed by atoms with van der Waals surface area (Å²) in [6.45, 7) is 2.12. The Hall–Kier alpha value is -0.520. The Bertz CT molecular complexity index is 406. The van der Waals surface area contributed by atoms with Crippen LogP contribution in [0.15, 0.2) is 30.3 Å². The van der Waals surface area contributed by atoms with E-state index in [-0.39, 0.29) is 15.9 Å². The topological polar surface area (TPSA) is 17.1 Å². The van der Waals surface area contributed by atoms with Crippen LogP contribution in [0.4, 0.5) is 8.78 Å². The fourth-order valence-corrected chi connectivity index (χ4v) is 3.06. The molecule has 1 rings (SSSR count). The Labute approximate surface area is 133 Å². The number of carbonyl (C=O) groups is 1. The molecule has 0 aliphatic heterocycles. The van der Waals surface area contributed by atoms with Gasteiger partial charge in [-0.3, -0.25) is 4.79 Å². The van der Waals surface area contributed by atoms with E-state index in [4.69, 9.17) is 0 Å². The first-order chi connectivity index (χ1) is 9.47. The number of rotatable bonds is 9. The van der Waals surface area contributed by atoms with E-state index in [1.165, 1.54) is 12.1 Å². The monoisotopic (exact) mass is 394 g/mol. The van der Waals surface area contributed by atoms with Crippen LogP contribution in [0, 0.1) is 0 Å². The molecule has 0 heterocycles. The van der Waals surface area contributed by atoms with Crippen LogP contribution < -0.4 is 0 Å². The molecule has 0 N–H and O–H groups in total. The number of hydrogen-bond donors (Lipinski definition) is 0. The normalized spacial score (nSPS) is 13.2. The van der Waals surface area contributed by atoms with E-state index < -0.39 is 11.7 Å². The standard InChI is InChI=1S/C16H21F2IO/c1-2-3-4-8-11-14(19)12-16(17,18)15(20)13-9-6-5-7-10-13/h5-7,9-10,14H,2-4,8,11-12H2,1H3. The second-order valence-electron chi connectivity index (χ2n) is 5.05. The smallest absolute Gasteiger partial charge is 0.287 e. The van der Waals surface area contributed by atoms with Gasteiger partial charge >= 0.3 is 5.92 Å². The van der Waals surface area contributed by atoms with E-state index in [1.54, 1.807) is 18.2 Å². The first kappa shape index (κ1) is 17.5. The van der Waals surface area contributed by atoms with E-state index >= 15 is 0 Å². The van der Waals surface area contributed by atoms with Gasteiger partial charge in [0.2, 0.25) is 5.78 Å². The van der Waals surface area contributed by atoms with E-state index in [0.29, 0.717) is 0 Å². The number of hydrogen-bond acceptors (Lipinski definition) is 1. The maximum absolute atomic E-state index is 14.0. The summed E-state index contributed by atoms with van der Waals surface area (Å²) >= 11 is 2.04. The van der Waals surface area contributed by atoms with Crippen LogP contribution in [-0.2, 0) is 0 Å². The van der Waals surface area contributed by atoms with Crippen molar-refractivity contribution in [2.75, 3.05) is 0 Å². The molecule has 0 amide bonds. The van der Waals surface area contributed by atoms with Gasteiger partial charge in [-0.1, -0.05) is 85.5 Å². The number of unbranched alkanes of at least 4 members (excludes halogenated alkanes) is 3. The third-order valence-electron chi connectivity index (χ3n) is 3.22. The zero-order chi connectivity index (χ0) is 15.0. The van der Waals surface area contributed by atoms with Crippen LogP contribution in [0.2, 0.25) is 0 Å². The molecule has 0 saturated heterocycles. The second-order valence-corrected chi connectivity index (χ2v) is 6.81. The van der Waals surface area contributed by atoms with Crippen molar-refractivity contribution >= 4 is 28.4 Å². The average Bonchev–Trinajstić information content (AvgIpc) is 2.43. The molecule has 1 nitrogen and oxygen atoms in total. The van der Waals surface area contributed by atoms with Gasteiger partial charge in [-0.05, 0) is 6.42 Å². The van der Waals surface area contributed by atoms with Crippen molar-refractivity contribution in [2.45, 2.75) is 55.3 Å². The molecule has 1 aromatic carbocycles. The molecule has 0 fully saturated rings. The van der Waals surface area contributed by atoms with Gasteiger partial charge in [0.15, 0.2) is 0 Å². The van der Waals surface area contributed by atoms with Gasteiger partial charge in [-0.2, -0.15) is 8.78 Å². The van der Waals surface area contributed by atoms with Crippen LogP contribution in [0.3, 0.4) is 0 Å². The minimum absolute atomic E-state index is 0.0899. The second kappa shape index (κ2) is 8.70. The zero-order valence-electron chi connectivity index (χ0n) is 11.7. The summed E-state index contributed by atoms with van der Waals surface area (Å²) in [5.41, 5.74) is 0.0899. The van der Waals surface area contributed by atoms with Gasteiger partial charge < -0.3 is 0 Å². The lowest BCUT2D eigenvalue weighted by Gasteiger charge is -2.18. The highest BCUT2D eigenvalue weighted by Crippen LogP contribution is 2.30. The molecule has 20 heavy (non-hydrogen) atoms. The summed E-state index contributed by atoms with van der Waals surface area (Å²) in [5, 5.41) is 0. The summed E-state index contributed by atoms with van der Waals surface area (Å²) < 4.78 is 27.8. The molecular weight excluding hydrogens is 373 g/mol. The molecular formula is C16H21F2IO. The molecule has 0 aromatic heterocycles. The quantitative estimate of drug-likeness (QED) is 0.228. The van der Waals surface area contributed by atoms with Gasteiger partial charge in [0.1, 0.15) is 0 Å². The van der Waals surface area contributed by atoms with E-state index in [9.17, 15) is 13.6 Å². The van der Waals surface area contributed by atoms with Gasteiger partial charge in [-0.15, -0.1) is 0 Å². The zero-order valence-corrected chi connectivity index (χ0v) is 13.9. The van der Waals surface area contributed by atoms with Crippen LogP contribution in [-0.4, -0.2) is 15.6 Å². The van der Waals surface area contributed by atoms with Crippen molar-refractivity contribution in [1.29, 1.82) is 0 Å². The third kappa shape index (κ3) is 5.85. The lowest BCUT2D eigenvalue weighted by atomic mass is 9.99. The number of halogens is 3. The molecule has 0 spiro atoms. The molecule has 0 radical (unpaired) electrons. The van der Waals surface area contributed by atoms with Crippen LogP contribution in [0.25, 0.3) is 0 Å². The summed E-state index contributed by atoms with van der Waals surface area (Å²) in [4.78, 5) is 11.8. The van der Waals surface area contributed by atoms with Gasteiger partial charge in [0, 0.05) is 15.9 Å². The van der Waals surface area contributed by atoms with E-state index in [2.05, 4.69) is 6.92 Å². The fraction of sp³-hybridized carbons (Fsp3) is 0.562. The number of benzene rings is 1. The highest BCUT2D eigenvalue weighted by Gasteiger charge is 2.40. The maximum atomic E-state index is 14.0. The molecule has 1 aromatic rings. The van der Waals surface area contributed by atoms with Crippen molar-refractivity contribution in [3.8, 4) is 0 Å². The molecule has 0 bridgehead atoms. The highest BCUT2D eigenvalue weighted by atomic mass is 127. The van der Waals surface area contributed by atoms with Crippen molar-refractivity contribution in [2.24, 2.45) is 0 Å². The van der Waals surface area contributed by atoms with Gasteiger partial charge in [0.25, 0.3) is 0 Å². The number of ketones is 1. The first-order valence-electron chi connectivity index (χ1n) is 7.09. The molecule has 0 aliphatic rings.